The molecule has 3 nitrogen and oxygen atoms in total. The van der Waals surface area contributed by atoms with Crippen LogP contribution in [0, 0.1) is 13.8 Å². The lowest BCUT2D eigenvalue weighted by molar-refractivity contribution is 0.196. The van der Waals surface area contributed by atoms with Gasteiger partial charge in [-0.25, -0.2) is 0 Å². The quantitative estimate of drug-likeness (QED) is 0.718. The molecular weight excluding hydrogens is 200 g/mol. The fraction of sp³-hybridized carbons (Fsp3) is 0.538. The monoisotopic (exact) mass is 222 g/mol. The first-order chi connectivity index (χ1) is 7.69. The topological polar surface area (TPSA) is 47.3 Å². The van der Waals surface area contributed by atoms with Crippen LogP contribution >= 0.6 is 0 Å². The molecule has 1 unspecified atom stereocenters. The summed E-state index contributed by atoms with van der Waals surface area (Å²) >= 11 is 0. The van der Waals surface area contributed by atoms with Crippen LogP contribution in [0.3, 0.4) is 0 Å². The van der Waals surface area contributed by atoms with Crippen LogP contribution in [0.15, 0.2) is 18.2 Å². The largest absolute Gasteiger partial charge is 0.383 e. The zero-order chi connectivity index (χ0) is 12.0. The standard InChI is InChI=1S/C13H22N2O/c1-10-4-5-12(8-11(10)2)13(9-14)15-6-7-16-3/h4-5,8,13,15H,6-7,9,14H2,1-3H3. The summed E-state index contributed by atoms with van der Waals surface area (Å²) in [7, 11) is 1.70. The maximum atomic E-state index is 5.77. The minimum absolute atomic E-state index is 0.217. The maximum Gasteiger partial charge on any atom is 0.0587 e. The van der Waals surface area contributed by atoms with Gasteiger partial charge in [0.15, 0.2) is 0 Å². The van der Waals surface area contributed by atoms with Crippen molar-refractivity contribution in [1.29, 1.82) is 0 Å². The Bertz CT molecular complexity index is 326. The molecule has 3 N–H and O–H groups in total. The molecule has 1 aromatic rings. The third kappa shape index (κ3) is 3.59. The fourth-order valence-electron chi connectivity index (χ4n) is 1.65. The van der Waals surface area contributed by atoms with E-state index in [0.29, 0.717) is 13.2 Å². The van der Waals surface area contributed by atoms with Gasteiger partial charge in [0.2, 0.25) is 0 Å². The average Bonchev–Trinajstić information content (AvgIpc) is 2.29. The summed E-state index contributed by atoms with van der Waals surface area (Å²) in [5, 5.41) is 3.38. The lowest BCUT2D eigenvalue weighted by Gasteiger charge is -2.18. The summed E-state index contributed by atoms with van der Waals surface area (Å²) in [6, 6.07) is 6.70. The van der Waals surface area contributed by atoms with Crippen molar-refractivity contribution < 1.29 is 4.74 Å². The van der Waals surface area contributed by atoms with Gasteiger partial charge in [-0.3, -0.25) is 0 Å². The van der Waals surface area contributed by atoms with Crippen molar-refractivity contribution in [2.24, 2.45) is 5.73 Å². The normalized spacial score (nSPS) is 12.8. The molecule has 90 valence electrons. The van der Waals surface area contributed by atoms with E-state index in [4.69, 9.17) is 10.5 Å². The van der Waals surface area contributed by atoms with E-state index in [1.165, 1.54) is 16.7 Å². The van der Waals surface area contributed by atoms with Gasteiger partial charge in [-0.2, -0.15) is 0 Å². The average molecular weight is 222 g/mol. The molecule has 0 aliphatic heterocycles. The first-order valence-electron chi connectivity index (χ1n) is 5.68. The maximum absolute atomic E-state index is 5.77. The van der Waals surface area contributed by atoms with E-state index in [0.717, 1.165) is 6.54 Å². The molecule has 0 spiro atoms. The highest BCUT2D eigenvalue weighted by Gasteiger charge is 2.08. The Morgan fingerprint density at radius 1 is 1.31 bits per heavy atom. The van der Waals surface area contributed by atoms with Crippen LogP contribution in [0.5, 0.6) is 0 Å². The van der Waals surface area contributed by atoms with Gasteiger partial charge in [-0.1, -0.05) is 18.2 Å². The van der Waals surface area contributed by atoms with Gasteiger partial charge in [-0.05, 0) is 30.5 Å². The second-order valence-corrected chi connectivity index (χ2v) is 4.08. The van der Waals surface area contributed by atoms with Crippen LogP contribution in [0.25, 0.3) is 0 Å². The second-order valence-electron chi connectivity index (χ2n) is 4.08. The molecule has 0 aliphatic carbocycles. The van der Waals surface area contributed by atoms with Crippen LogP contribution in [0.4, 0.5) is 0 Å². The van der Waals surface area contributed by atoms with Crippen molar-refractivity contribution in [2.45, 2.75) is 19.9 Å². The van der Waals surface area contributed by atoms with Crippen molar-refractivity contribution in [1.82, 2.24) is 5.32 Å². The number of aryl methyl sites for hydroxylation is 2. The molecule has 0 fully saturated rings. The molecular formula is C13H22N2O. The van der Waals surface area contributed by atoms with Crippen LogP contribution in [-0.2, 0) is 4.74 Å². The highest BCUT2D eigenvalue weighted by atomic mass is 16.5. The Balaban J connectivity index is 2.67. The summed E-state index contributed by atoms with van der Waals surface area (Å²) < 4.78 is 5.01. The number of nitrogens with two attached hydrogens (primary N) is 1. The first kappa shape index (κ1) is 13.2. The molecule has 16 heavy (non-hydrogen) atoms. The molecule has 1 aromatic carbocycles. The van der Waals surface area contributed by atoms with Gasteiger partial charge < -0.3 is 15.8 Å². The summed E-state index contributed by atoms with van der Waals surface area (Å²) in [5.74, 6) is 0. The number of nitrogens with one attached hydrogen (secondary N) is 1. The summed E-state index contributed by atoms with van der Waals surface area (Å²) in [5.41, 5.74) is 9.65. The summed E-state index contributed by atoms with van der Waals surface area (Å²) in [6.07, 6.45) is 0. The number of ether oxygens (including phenoxy) is 1. The predicted molar refractivity (Wildman–Crippen MR) is 67.6 cm³/mol. The second kappa shape index (κ2) is 6.63. The minimum atomic E-state index is 0.217. The highest BCUT2D eigenvalue weighted by Crippen LogP contribution is 2.16. The molecule has 0 saturated heterocycles. The minimum Gasteiger partial charge on any atom is -0.383 e. The SMILES string of the molecule is COCCNC(CN)c1ccc(C)c(C)c1. The van der Waals surface area contributed by atoms with E-state index in [2.05, 4.69) is 37.4 Å². The lowest BCUT2D eigenvalue weighted by atomic mass is 10.0. The number of rotatable bonds is 6. The third-order valence-electron chi connectivity index (χ3n) is 2.87. The van der Waals surface area contributed by atoms with Gasteiger partial charge in [0.25, 0.3) is 0 Å². The molecule has 1 rings (SSSR count). The molecule has 0 saturated carbocycles. The van der Waals surface area contributed by atoms with Crippen LogP contribution in [0.1, 0.15) is 22.7 Å². The van der Waals surface area contributed by atoms with E-state index in [1.54, 1.807) is 7.11 Å². The Kier molecular flexibility index (Phi) is 5.46. The van der Waals surface area contributed by atoms with Crippen molar-refractivity contribution in [3.05, 3.63) is 34.9 Å². The summed E-state index contributed by atoms with van der Waals surface area (Å²) in [6.45, 7) is 6.38. The molecule has 0 aliphatic rings. The Morgan fingerprint density at radius 2 is 2.06 bits per heavy atom. The smallest absolute Gasteiger partial charge is 0.0587 e. The molecule has 0 heterocycles. The fourth-order valence-corrected chi connectivity index (χ4v) is 1.65. The van der Waals surface area contributed by atoms with Gasteiger partial charge in [-0.15, -0.1) is 0 Å². The number of methoxy groups -OCH3 is 1. The van der Waals surface area contributed by atoms with Gasteiger partial charge in [0.05, 0.1) is 6.61 Å². The lowest BCUT2D eigenvalue weighted by Crippen LogP contribution is -2.30. The van der Waals surface area contributed by atoms with Gasteiger partial charge >= 0.3 is 0 Å². The number of hydrogen-bond donors (Lipinski definition) is 2. The van der Waals surface area contributed by atoms with E-state index in [-0.39, 0.29) is 6.04 Å². The molecule has 0 radical (unpaired) electrons. The van der Waals surface area contributed by atoms with Crippen molar-refractivity contribution in [3.8, 4) is 0 Å². The molecule has 1 atom stereocenters. The highest BCUT2D eigenvalue weighted by molar-refractivity contribution is 5.31. The van der Waals surface area contributed by atoms with Gasteiger partial charge in [0, 0.05) is 26.2 Å². The predicted octanol–water partition coefficient (Wildman–Crippen LogP) is 1.54. The van der Waals surface area contributed by atoms with Crippen LogP contribution in [0.2, 0.25) is 0 Å². The first-order valence-corrected chi connectivity index (χ1v) is 5.68. The van der Waals surface area contributed by atoms with E-state index >= 15 is 0 Å². The summed E-state index contributed by atoms with van der Waals surface area (Å²) in [4.78, 5) is 0. The molecule has 0 bridgehead atoms. The van der Waals surface area contributed by atoms with Crippen molar-refractivity contribution in [3.63, 3.8) is 0 Å². The van der Waals surface area contributed by atoms with E-state index in [9.17, 15) is 0 Å². The molecule has 0 aromatic heterocycles. The number of hydrogen-bond acceptors (Lipinski definition) is 3. The van der Waals surface area contributed by atoms with Crippen molar-refractivity contribution >= 4 is 0 Å². The van der Waals surface area contributed by atoms with Gasteiger partial charge in [0.1, 0.15) is 0 Å². The molecule has 0 amide bonds. The van der Waals surface area contributed by atoms with Crippen LogP contribution in [-0.4, -0.2) is 26.8 Å². The Labute approximate surface area is 98.0 Å². The Morgan fingerprint density at radius 3 is 2.62 bits per heavy atom. The van der Waals surface area contributed by atoms with E-state index in [1.807, 2.05) is 0 Å². The zero-order valence-electron chi connectivity index (χ0n) is 10.4. The third-order valence-corrected chi connectivity index (χ3v) is 2.87. The zero-order valence-corrected chi connectivity index (χ0v) is 10.4. The Hall–Kier alpha value is -0.900. The number of benzene rings is 1. The van der Waals surface area contributed by atoms with E-state index < -0.39 is 0 Å². The molecule has 3 heteroatoms. The van der Waals surface area contributed by atoms with Crippen molar-refractivity contribution in [2.75, 3.05) is 26.8 Å². The van der Waals surface area contributed by atoms with Crippen LogP contribution < -0.4 is 11.1 Å².